The van der Waals surface area contributed by atoms with Gasteiger partial charge in [0.05, 0.1) is 11.0 Å². The van der Waals surface area contributed by atoms with Gasteiger partial charge >= 0.3 is 0 Å². The molecular weight excluding hydrogens is 250 g/mol. The third kappa shape index (κ3) is 2.38. The first kappa shape index (κ1) is 12.7. The molecule has 0 saturated heterocycles. The van der Waals surface area contributed by atoms with Crippen LogP contribution in [0.15, 0.2) is 48.5 Å². The number of aliphatic hydroxyl groups is 1. The van der Waals surface area contributed by atoms with Crippen LogP contribution in [-0.4, -0.2) is 14.7 Å². The summed E-state index contributed by atoms with van der Waals surface area (Å²) in [5.74, 6) is 0.682. The normalized spacial score (nSPS) is 11.1. The lowest BCUT2D eigenvalue weighted by molar-refractivity contribution is 0.266. The summed E-state index contributed by atoms with van der Waals surface area (Å²) < 4.78 is 2.06. The first-order chi connectivity index (χ1) is 9.78. The van der Waals surface area contributed by atoms with E-state index in [2.05, 4.69) is 21.7 Å². The van der Waals surface area contributed by atoms with Crippen molar-refractivity contribution < 1.29 is 5.11 Å². The van der Waals surface area contributed by atoms with Crippen LogP contribution in [0.5, 0.6) is 0 Å². The van der Waals surface area contributed by atoms with E-state index in [0.717, 1.165) is 24.0 Å². The number of imidazole rings is 1. The molecule has 0 aliphatic carbocycles. The van der Waals surface area contributed by atoms with E-state index in [1.807, 2.05) is 36.4 Å². The number of hydrogen-bond donors (Lipinski definition) is 2. The number of aryl methyl sites for hydroxylation is 2. The summed E-state index contributed by atoms with van der Waals surface area (Å²) in [7, 11) is 0. The fourth-order valence-corrected chi connectivity index (χ4v) is 2.45. The van der Waals surface area contributed by atoms with Gasteiger partial charge in [0.15, 0.2) is 0 Å². The maximum absolute atomic E-state index is 9.47. The second-order valence-corrected chi connectivity index (χ2v) is 4.82. The molecule has 0 saturated carbocycles. The Labute approximate surface area is 117 Å². The quantitative estimate of drug-likeness (QED) is 0.713. The van der Waals surface area contributed by atoms with Gasteiger partial charge in [0.25, 0.3) is 0 Å². The zero-order valence-electron chi connectivity index (χ0n) is 11.2. The molecule has 102 valence electrons. The zero-order valence-corrected chi connectivity index (χ0v) is 11.2. The number of nitrogens with zero attached hydrogens (tertiary/aromatic N) is 2. The molecule has 0 spiro atoms. The molecule has 3 rings (SSSR count). The molecule has 3 aromatic rings. The Bertz CT molecular complexity index is 719. The number of aliphatic hydroxyl groups excluding tert-OH is 1. The summed E-state index contributed by atoms with van der Waals surface area (Å²) in [5, 5.41) is 9.47. The zero-order chi connectivity index (χ0) is 13.9. The molecule has 1 heterocycles. The minimum Gasteiger partial charge on any atom is -0.399 e. The first-order valence-corrected chi connectivity index (χ1v) is 6.67. The van der Waals surface area contributed by atoms with Gasteiger partial charge in [-0.15, -0.1) is 0 Å². The number of nitrogen functional groups attached to an aromatic ring is 1. The SMILES string of the molecule is Nc1ccc2c(c1)nc(CO)n2CCc1ccccc1. The third-order valence-electron chi connectivity index (χ3n) is 3.46. The summed E-state index contributed by atoms with van der Waals surface area (Å²) in [5.41, 5.74) is 9.59. The number of aromatic nitrogens is 2. The van der Waals surface area contributed by atoms with E-state index in [1.54, 1.807) is 0 Å². The largest absolute Gasteiger partial charge is 0.399 e. The molecule has 1 aromatic heterocycles. The van der Waals surface area contributed by atoms with E-state index in [-0.39, 0.29) is 6.61 Å². The van der Waals surface area contributed by atoms with Crippen LogP contribution in [-0.2, 0) is 19.6 Å². The van der Waals surface area contributed by atoms with Crippen LogP contribution < -0.4 is 5.73 Å². The molecule has 0 radical (unpaired) electrons. The van der Waals surface area contributed by atoms with Crippen LogP contribution in [0, 0.1) is 0 Å². The molecule has 20 heavy (non-hydrogen) atoms. The number of nitrogens with two attached hydrogens (primary N) is 1. The van der Waals surface area contributed by atoms with E-state index in [9.17, 15) is 5.11 Å². The van der Waals surface area contributed by atoms with Gasteiger partial charge in [-0.2, -0.15) is 0 Å². The Hall–Kier alpha value is -2.33. The van der Waals surface area contributed by atoms with Crippen molar-refractivity contribution in [1.82, 2.24) is 9.55 Å². The van der Waals surface area contributed by atoms with Crippen molar-refractivity contribution in [3.63, 3.8) is 0 Å². The Morgan fingerprint density at radius 1 is 1.10 bits per heavy atom. The second-order valence-electron chi connectivity index (χ2n) is 4.82. The fraction of sp³-hybridized carbons (Fsp3) is 0.188. The summed E-state index contributed by atoms with van der Waals surface area (Å²) in [6.45, 7) is 0.726. The second kappa shape index (κ2) is 5.35. The molecule has 0 fully saturated rings. The molecule has 0 unspecified atom stereocenters. The van der Waals surface area contributed by atoms with Crippen molar-refractivity contribution in [2.75, 3.05) is 5.73 Å². The molecule has 4 nitrogen and oxygen atoms in total. The lowest BCUT2D eigenvalue weighted by atomic mass is 10.1. The number of hydrogen-bond acceptors (Lipinski definition) is 3. The van der Waals surface area contributed by atoms with Gasteiger partial charge in [0.1, 0.15) is 12.4 Å². The summed E-state index contributed by atoms with van der Waals surface area (Å²) >= 11 is 0. The topological polar surface area (TPSA) is 64.1 Å². The Morgan fingerprint density at radius 2 is 1.90 bits per heavy atom. The summed E-state index contributed by atoms with van der Waals surface area (Å²) in [6, 6.07) is 16.0. The van der Waals surface area contributed by atoms with Gasteiger partial charge in [-0.25, -0.2) is 4.98 Å². The maximum Gasteiger partial charge on any atom is 0.135 e. The van der Waals surface area contributed by atoms with Gasteiger partial charge in [-0.1, -0.05) is 30.3 Å². The highest BCUT2D eigenvalue weighted by Gasteiger charge is 2.10. The Kier molecular flexibility index (Phi) is 3.39. The lowest BCUT2D eigenvalue weighted by Crippen LogP contribution is -2.06. The van der Waals surface area contributed by atoms with Gasteiger partial charge in [0, 0.05) is 12.2 Å². The molecule has 3 N–H and O–H groups in total. The Morgan fingerprint density at radius 3 is 2.65 bits per heavy atom. The number of fused-ring (bicyclic) bond motifs is 1. The smallest absolute Gasteiger partial charge is 0.135 e. The van der Waals surface area contributed by atoms with Gasteiger partial charge in [-0.05, 0) is 30.2 Å². The molecule has 4 heteroatoms. The van der Waals surface area contributed by atoms with Crippen LogP contribution in [0.1, 0.15) is 11.4 Å². The highest BCUT2D eigenvalue weighted by Crippen LogP contribution is 2.20. The van der Waals surface area contributed by atoms with Crippen molar-refractivity contribution in [3.05, 3.63) is 59.9 Å². The standard InChI is InChI=1S/C16H17N3O/c17-13-6-7-15-14(10-13)18-16(11-20)19(15)9-8-12-4-2-1-3-5-12/h1-7,10,20H,8-9,11,17H2. The van der Waals surface area contributed by atoms with Crippen LogP contribution in [0.25, 0.3) is 11.0 Å². The average molecular weight is 267 g/mol. The van der Waals surface area contributed by atoms with Gasteiger partial charge in [-0.3, -0.25) is 0 Å². The first-order valence-electron chi connectivity index (χ1n) is 6.67. The fourth-order valence-electron chi connectivity index (χ4n) is 2.45. The molecule has 0 aliphatic heterocycles. The van der Waals surface area contributed by atoms with Gasteiger partial charge < -0.3 is 15.4 Å². The summed E-state index contributed by atoms with van der Waals surface area (Å²) in [4.78, 5) is 4.44. The molecule has 0 atom stereocenters. The minimum atomic E-state index is -0.0661. The number of anilines is 1. The molecule has 0 bridgehead atoms. The number of rotatable bonds is 4. The van der Waals surface area contributed by atoms with Crippen molar-refractivity contribution in [3.8, 4) is 0 Å². The highest BCUT2D eigenvalue weighted by atomic mass is 16.3. The van der Waals surface area contributed by atoms with Crippen LogP contribution in [0.4, 0.5) is 5.69 Å². The van der Waals surface area contributed by atoms with E-state index in [0.29, 0.717) is 11.5 Å². The highest BCUT2D eigenvalue weighted by molar-refractivity contribution is 5.79. The van der Waals surface area contributed by atoms with E-state index in [1.165, 1.54) is 5.56 Å². The number of benzene rings is 2. The van der Waals surface area contributed by atoms with Crippen molar-refractivity contribution in [2.24, 2.45) is 0 Å². The van der Waals surface area contributed by atoms with Crippen LogP contribution in [0.2, 0.25) is 0 Å². The van der Waals surface area contributed by atoms with Crippen molar-refractivity contribution in [2.45, 2.75) is 19.6 Å². The van der Waals surface area contributed by atoms with Crippen molar-refractivity contribution >= 4 is 16.7 Å². The lowest BCUT2D eigenvalue weighted by Gasteiger charge is -2.08. The molecule has 2 aromatic carbocycles. The maximum atomic E-state index is 9.47. The van der Waals surface area contributed by atoms with E-state index < -0.39 is 0 Å². The predicted molar refractivity (Wildman–Crippen MR) is 80.2 cm³/mol. The average Bonchev–Trinajstić information content (AvgIpc) is 2.83. The summed E-state index contributed by atoms with van der Waals surface area (Å²) in [6.07, 6.45) is 0.906. The predicted octanol–water partition coefficient (Wildman–Crippen LogP) is 2.35. The minimum absolute atomic E-state index is 0.0661. The molecular formula is C16H17N3O. The van der Waals surface area contributed by atoms with Crippen LogP contribution >= 0.6 is 0 Å². The van der Waals surface area contributed by atoms with E-state index in [4.69, 9.17) is 5.73 Å². The van der Waals surface area contributed by atoms with Crippen molar-refractivity contribution in [1.29, 1.82) is 0 Å². The van der Waals surface area contributed by atoms with Gasteiger partial charge in [0.2, 0.25) is 0 Å². The van der Waals surface area contributed by atoms with Crippen LogP contribution in [0.3, 0.4) is 0 Å². The monoisotopic (exact) mass is 267 g/mol. The molecule has 0 aliphatic rings. The Balaban J connectivity index is 1.93. The van der Waals surface area contributed by atoms with E-state index >= 15 is 0 Å². The third-order valence-corrected chi connectivity index (χ3v) is 3.46. The molecule has 0 amide bonds.